The number of nitrogens with one attached hydrogen (secondary N) is 1. The van der Waals surface area contributed by atoms with Gasteiger partial charge in [0.05, 0.1) is 13.7 Å². The molecule has 0 aliphatic carbocycles. The number of carbonyl (C=O) groups is 1. The normalized spacial score (nSPS) is 12.0. The van der Waals surface area contributed by atoms with Gasteiger partial charge in [0.15, 0.2) is 0 Å². The highest BCUT2D eigenvalue weighted by Crippen LogP contribution is 2.12. The molecule has 1 amide bonds. The molecule has 1 aromatic rings. The number of methoxy groups -OCH3 is 1. The molecule has 0 heterocycles. The van der Waals surface area contributed by atoms with E-state index in [1.54, 1.807) is 12.0 Å². The maximum absolute atomic E-state index is 11.9. The first-order valence-corrected chi connectivity index (χ1v) is 6.67. The Labute approximate surface area is 115 Å². The largest absolute Gasteiger partial charge is 0.497 e. The van der Waals surface area contributed by atoms with Crippen LogP contribution < -0.4 is 10.1 Å². The van der Waals surface area contributed by atoms with Crippen molar-refractivity contribution in [2.24, 2.45) is 0 Å². The quantitative estimate of drug-likeness (QED) is 0.819. The van der Waals surface area contributed by atoms with Crippen molar-refractivity contribution in [3.05, 3.63) is 29.8 Å². The lowest BCUT2D eigenvalue weighted by molar-refractivity contribution is -0.129. The Kier molecular flexibility index (Phi) is 6.36. The van der Waals surface area contributed by atoms with E-state index in [0.717, 1.165) is 17.7 Å². The lowest BCUT2D eigenvalue weighted by Gasteiger charge is -2.19. The van der Waals surface area contributed by atoms with Crippen LogP contribution in [0, 0.1) is 0 Å². The number of benzene rings is 1. The van der Waals surface area contributed by atoms with Crippen LogP contribution in [0.25, 0.3) is 0 Å². The van der Waals surface area contributed by atoms with Crippen LogP contribution in [0.1, 0.15) is 25.8 Å². The highest BCUT2D eigenvalue weighted by molar-refractivity contribution is 5.78. The number of ether oxygens (including phenoxy) is 1. The molecule has 0 radical (unpaired) electrons. The molecule has 0 aromatic heterocycles. The fourth-order valence-corrected chi connectivity index (χ4v) is 1.63. The van der Waals surface area contributed by atoms with Crippen molar-refractivity contribution in [2.45, 2.75) is 32.9 Å². The highest BCUT2D eigenvalue weighted by Gasteiger charge is 2.10. The van der Waals surface area contributed by atoms with Gasteiger partial charge in [0, 0.05) is 19.6 Å². The van der Waals surface area contributed by atoms with Gasteiger partial charge < -0.3 is 15.0 Å². The second kappa shape index (κ2) is 7.79. The smallest absolute Gasteiger partial charge is 0.236 e. The molecular weight excluding hydrogens is 240 g/mol. The predicted molar refractivity (Wildman–Crippen MR) is 77.2 cm³/mol. The van der Waals surface area contributed by atoms with Crippen molar-refractivity contribution in [2.75, 3.05) is 20.7 Å². The van der Waals surface area contributed by atoms with Gasteiger partial charge in [-0.3, -0.25) is 4.79 Å². The van der Waals surface area contributed by atoms with Gasteiger partial charge in [0.25, 0.3) is 0 Å². The van der Waals surface area contributed by atoms with E-state index >= 15 is 0 Å². The highest BCUT2D eigenvalue weighted by atomic mass is 16.5. The maximum atomic E-state index is 11.9. The summed E-state index contributed by atoms with van der Waals surface area (Å²) in [4.78, 5) is 13.7. The zero-order valence-electron chi connectivity index (χ0n) is 12.3. The maximum Gasteiger partial charge on any atom is 0.236 e. The molecule has 0 saturated heterocycles. The van der Waals surface area contributed by atoms with Crippen LogP contribution in [-0.4, -0.2) is 37.6 Å². The standard InChI is InChI=1S/C15H24N2O2/c1-5-12(2)16-10-15(18)17(3)11-13-6-8-14(19-4)9-7-13/h6-9,12,16H,5,10-11H2,1-4H3. The first-order chi connectivity index (χ1) is 9.06. The van der Waals surface area contributed by atoms with E-state index < -0.39 is 0 Å². The van der Waals surface area contributed by atoms with Gasteiger partial charge in [-0.1, -0.05) is 19.1 Å². The summed E-state index contributed by atoms with van der Waals surface area (Å²) < 4.78 is 5.11. The van der Waals surface area contributed by atoms with Crippen molar-refractivity contribution in [3.63, 3.8) is 0 Å². The van der Waals surface area contributed by atoms with E-state index in [9.17, 15) is 4.79 Å². The molecule has 0 spiro atoms. The van der Waals surface area contributed by atoms with Crippen LogP contribution in [0.5, 0.6) is 5.75 Å². The molecule has 1 rings (SSSR count). The van der Waals surface area contributed by atoms with Gasteiger partial charge in [-0.15, -0.1) is 0 Å². The average Bonchev–Trinajstić information content (AvgIpc) is 2.44. The summed E-state index contributed by atoms with van der Waals surface area (Å²) >= 11 is 0. The minimum absolute atomic E-state index is 0.108. The van der Waals surface area contributed by atoms with Gasteiger partial charge >= 0.3 is 0 Å². The Bertz CT molecular complexity index is 390. The summed E-state index contributed by atoms with van der Waals surface area (Å²) in [6.07, 6.45) is 1.02. The Morgan fingerprint density at radius 2 is 2.00 bits per heavy atom. The number of rotatable bonds is 7. The summed E-state index contributed by atoms with van der Waals surface area (Å²) in [5, 5.41) is 3.21. The van der Waals surface area contributed by atoms with Crippen LogP contribution in [0.3, 0.4) is 0 Å². The van der Waals surface area contributed by atoms with Crippen LogP contribution >= 0.6 is 0 Å². The van der Waals surface area contributed by atoms with Crippen molar-refractivity contribution in [3.8, 4) is 5.75 Å². The second-order valence-corrected chi connectivity index (χ2v) is 4.79. The Hall–Kier alpha value is -1.55. The van der Waals surface area contributed by atoms with Gasteiger partial charge in [-0.05, 0) is 31.0 Å². The van der Waals surface area contributed by atoms with Gasteiger partial charge in [0.1, 0.15) is 5.75 Å². The number of hydrogen-bond acceptors (Lipinski definition) is 3. The Morgan fingerprint density at radius 3 is 2.53 bits per heavy atom. The summed E-state index contributed by atoms with van der Waals surface area (Å²) in [7, 11) is 3.47. The first-order valence-electron chi connectivity index (χ1n) is 6.67. The number of nitrogens with zero attached hydrogens (tertiary/aromatic N) is 1. The molecule has 0 bridgehead atoms. The molecule has 1 aromatic carbocycles. The average molecular weight is 264 g/mol. The molecule has 1 N–H and O–H groups in total. The van der Waals surface area contributed by atoms with Crippen molar-refractivity contribution >= 4 is 5.91 Å². The molecule has 1 atom stereocenters. The van der Waals surface area contributed by atoms with Gasteiger partial charge in [-0.25, -0.2) is 0 Å². The number of carbonyl (C=O) groups excluding carboxylic acids is 1. The predicted octanol–water partition coefficient (Wildman–Crippen LogP) is 2.04. The van der Waals surface area contributed by atoms with Crippen molar-refractivity contribution in [1.82, 2.24) is 10.2 Å². The number of amides is 1. The van der Waals surface area contributed by atoms with E-state index in [4.69, 9.17) is 4.74 Å². The molecule has 0 aliphatic heterocycles. The second-order valence-electron chi connectivity index (χ2n) is 4.79. The summed E-state index contributed by atoms with van der Waals surface area (Å²) in [6.45, 7) is 5.19. The minimum Gasteiger partial charge on any atom is -0.497 e. The van der Waals surface area contributed by atoms with Crippen molar-refractivity contribution in [1.29, 1.82) is 0 Å². The minimum atomic E-state index is 0.108. The zero-order valence-corrected chi connectivity index (χ0v) is 12.3. The number of likely N-dealkylation sites (N-methyl/N-ethyl adjacent to an activating group) is 1. The van der Waals surface area contributed by atoms with Gasteiger partial charge in [0.2, 0.25) is 5.91 Å². The monoisotopic (exact) mass is 264 g/mol. The van der Waals surface area contributed by atoms with E-state index in [1.807, 2.05) is 31.3 Å². The van der Waals surface area contributed by atoms with E-state index in [1.165, 1.54) is 0 Å². The third kappa shape index (κ3) is 5.30. The third-order valence-electron chi connectivity index (χ3n) is 3.22. The molecule has 19 heavy (non-hydrogen) atoms. The summed E-state index contributed by atoms with van der Waals surface area (Å²) in [6, 6.07) is 8.14. The molecule has 4 heteroatoms. The fraction of sp³-hybridized carbons (Fsp3) is 0.533. The molecule has 1 unspecified atom stereocenters. The summed E-state index contributed by atoms with van der Waals surface area (Å²) in [5.41, 5.74) is 1.10. The Morgan fingerprint density at radius 1 is 1.37 bits per heavy atom. The SMILES string of the molecule is CCC(C)NCC(=O)N(C)Cc1ccc(OC)cc1. The molecule has 106 valence electrons. The molecule has 0 fully saturated rings. The van der Waals surface area contributed by atoms with Crippen molar-refractivity contribution < 1.29 is 9.53 Å². The third-order valence-corrected chi connectivity index (χ3v) is 3.22. The molecule has 4 nitrogen and oxygen atoms in total. The van der Waals surface area contributed by atoms with E-state index in [2.05, 4.69) is 19.2 Å². The molecule has 0 saturated carbocycles. The van der Waals surface area contributed by atoms with Crippen LogP contribution in [0.15, 0.2) is 24.3 Å². The topological polar surface area (TPSA) is 41.6 Å². The lowest BCUT2D eigenvalue weighted by atomic mass is 10.2. The Balaban J connectivity index is 2.44. The van der Waals surface area contributed by atoms with E-state index in [-0.39, 0.29) is 5.91 Å². The zero-order chi connectivity index (χ0) is 14.3. The molecular formula is C15H24N2O2. The van der Waals surface area contributed by atoms with Crippen LogP contribution in [0.2, 0.25) is 0 Å². The van der Waals surface area contributed by atoms with E-state index in [0.29, 0.717) is 19.1 Å². The van der Waals surface area contributed by atoms with Crippen LogP contribution in [0.4, 0.5) is 0 Å². The van der Waals surface area contributed by atoms with Crippen LogP contribution in [-0.2, 0) is 11.3 Å². The lowest BCUT2D eigenvalue weighted by Crippen LogP contribution is -2.38. The fourth-order valence-electron chi connectivity index (χ4n) is 1.63. The first kappa shape index (κ1) is 15.5. The molecule has 0 aliphatic rings. The van der Waals surface area contributed by atoms with Gasteiger partial charge in [-0.2, -0.15) is 0 Å². The number of hydrogen-bond donors (Lipinski definition) is 1. The summed E-state index contributed by atoms with van der Waals surface area (Å²) in [5.74, 6) is 0.937.